The molecule has 1 aromatic heterocycles. The average Bonchev–Trinajstić information content (AvgIpc) is 3.45. The Morgan fingerprint density at radius 1 is 0.850 bits per heavy atom. The van der Waals surface area contributed by atoms with Crippen molar-refractivity contribution in [1.29, 1.82) is 0 Å². The van der Waals surface area contributed by atoms with Crippen molar-refractivity contribution in [2.45, 2.75) is 11.1 Å². The van der Waals surface area contributed by atoms with Crippen LogP contribution in [0, 0.1) is 0 Å². The van der Waals surface area contributed by atoms with Crippen LogP contribution in [0.1, 0.15) is 21.7 Å². The van der Waals surface area contributed by atoms with Gasteiger partial charge in [0.2, 0.25) is 5.91 Å². The van der Waals surface area contributed by atoms with Crippen LogP contribution in [-0.4, -0.2) is 23.5 Å². The molecule has 0 fully saturated rings. The Morgan fingerprint density at radius 2 is 1.60 bits per heavy atom. The van der Waals surface area contributed by atoms with E-state index in [1.54, 1.807) is 66.7 Å². The fourth-order valence-corrected chi connectivity index (χ4v) is 4.25. The molecule has 0 spiro atoms. The topological polar surface area (TPSA) is 100 Å². The summed E-state index contributed by atoms with van der Waals surface area (Å²) in [6.07, 6.45) is -1.79. The van der Waals surface area contributed by atoms with E-state index in [9.17, 15) is 27.6 Å². The Bertz CT molecular complexity index is 1520. The van der Waals surface area contributed by atoms with E-state index >= 15 is 0 Å². The third-order valence-corrected chi connectivity index (χ3v) is 6.32. The van der Waals surface area contributed by atoms with Crippen LogP contribution in [0.2, 0.25) is 0 Å². The summed E-state index contributed by atoms with van der Waals surface area (Å²) in [6.45, 7) is 0. The molecular formula is C29H22F3N3O4S. The molecule has 1 heterocycles. The quantitative estimate of drug-likeness (QED) is 0.160. The van der Waals surface area contributed by atoms with Crippen molar-refractivity contribution in [1.82, 2.24) is 5.32 Å². The molecule has 204 valence electrons. The van der Waals surface area contributed by atoms with Gasteiger partial charge in [-0.25, -0.2) is 0 Å². The smallest absolute Gasteiger partial charge is 0.418 e. The summed E-state index contributed by atoms with van der Waals surface area (Å²) in [5.74, 6) is -1.55. The zero-order chi connectivity index (χ0) is 28.5. The maximum atomic E-state index is 13.2. The van der Waals surface area contributed by atoms with Crippen LogP contribution in [-0.2, 0) is 15.8 Å². The minimum absolute atomic E-state index is 0.0652. The molecule has 0 atom stereocenters. The van der Waals surface area contributed by atoms with Crippen LogP contribution in [0.5, 0.6) is 0 Å². The number of alkyl halides is 3. The summed E-state index contributed by atoms with van der Waals surface area (Å²) in [6, 6.07) is 22.9. The molecular weight excluding hydrogens is 543 g/mol. The normalized spacial score (nSPS) is 11.5. The second kappa shape index (κ2) is 12.9. The number of rotatable bonds is 9. The van der Waals surface area contributed by atoms with Crippen molar-refractivity contribution < 1.29 is 32.0 Å². The fraction of sp³-hybridized carbons (Fsp3) is 0.0690. The van der Waals surface area contributed by atoms with Crippen molar-refractivity contribution in [2.24, 2.45) is 0 Å². The summed E-state index contributed by atoms with van der Waals surface area (Å²) < 4.78 is 44.9. The summed E-state index contributed by atoms with van der Waals surface area (Å²) in [4.78, 5) is 38.7. The number of para-hydroxylation sites is 1. The van der Waals surface area contributed by atoms with Crippen molar-refractivity contribution >= 4 is 46.9 Å². The number of thioether (sulfide) groups is 1. The van der Waals surface area contributed by atoms with Crippen LogP contribution < -0.4 is 16.0 Å². The molecule has 40 heavy (non-hydrogen) atoms. The fourth-order valence-electron chi connectivity index (χ4n) is 3.49. The molecule has 0 bridgehead atoms. The van der Waals surface area contributed by atoms with Crippen LogP contribution in [0.25, 0.3) is 6.08 Å². The number of anilines is 2. The summed E-state index contributed by atoms with van der Waals surface area (Å²) in [5, 5.41) is 7.59. The molecule has 0 saturated carbocycles. The van der Waals surface area contributed by atoms with E-state index < -0.39 is 29.5 Å². The third-order valence-electron chi connectivity index (χ3n) is 5.33. The van der Waals surface area contributed by atoms with Gasteiger partial charge in [0.15, 0.2) is 0 Å². The molecule has 0 aliphatic rings. The highest BCUT2D eigenvalue weighted by Crippen LogP contribution is 2.34. The Labute approximate surface area is 231 Å². The van der Waals surface area contributed by atoms with Crippen LogP contribution in [0.15, 0.2) is 112 Å². The molecule has 0 aliphatic heterocycles. The van der Waals surface area contributed by atoms with Gasteiger partial charge in [-0.3, -0.25) is 14.4 Å². The number of furan rings is 1. The van der Waals surface area contributed by atoms with Crippen molar-refractivity contribution in [3.05, 3.63) is 120 Å². The average molecular weight is 566 g/mol. The van der Waals surface area contributed by atoms with Gasteiger partial charge in [0, 0.05) is 22.2 Å². The molecule has 0 aliphatic carbocycles. The van der Waals surface area contributed by atoms with Crippen molar-refractivity contribution in [3.8, 4) is 0 Å². The number of benzene rings is 3. The number of amides is 3. The predicted molar refractivity (Wildman–Crippen MR) is 146 cm³/mol. The van der Waals surface area contributed by atoms with Gasteiger partial charge in [-0.2, -0.15) is 13.2 Å². The van der Waals surface area contributed by atoms with Gasteiger partial charge < -0.3 is 20.4 Å². The van der Waals surface area contributed by atoms with E-state index in [-0.39, 0.29) is 17.1 Å². The number of hydrogen-bond donors (Lipinski definition) is 3. The Hall–Kier alpha value is -4.77. The van der Waals surface area contributed by atoms with Gasteiger partial charge in [0.1, 0.15) is 11.5 Å². The van der Waals surface area contributed by atoms with Gasteiger partial charge in [0.05, 0.1) is 23.3 Å². The van der Waals surface area contributed by atoms with Gasteiger partial charge >= 0.3 is 6.18 Å². The molecule has 3 amide bonds. The molecule has 0 saturated heterocycles. The maximum absolute atomic E-state index is 13.2. The number of carbonyl (C=O) groups is 3. The minimum atomic E-state index is -4.60. The second-order valence-electron chi connectivity index (χ2n) is 8.26. The third kappa shape index (κ3) is 7.87. The minimum Gasteiger partial charge on any atom is -0.465 e. The summed E-state index contributed by atoms with van der Waals surface area (Å²) in [7, 11) is 0. The molecule has 4 aromatic rings. The number of hydrogen-bond acceptors (Lipinski definition) is 5. The van der Waals surface area contributed by atoms with Gasteiger partial charge in [-0.15, -0.1) is 11.8 Å². The lowest BCUT2D eigenvalue weighted by Crippen LogP contribution is -2.30. The van der Waals surface area contributed by atoms with Crippen molar-refractivity contribution in [2.75, 3.05) is 16.4 Å². The SMILES string of the molecule is O=C(CSc1cccc(NC(=O)/C(=C/c2ccco2)NC(=O)c2ccccc2)c1)Nc1ccccc1C(F)(F)F. The molecule has 7 nitrogen and oxygen atoms in total. The van der Waals surface area contributed by atoms with Crippen LogP contribution in [0.4, 0.5) is 24.5 Å². The molecule has 0 radical (unpaired) electrons. The van der Waals surface area contributed by atoms with Gasteiger partial charge in [-0.1, -0.05) is 36.4 Å². The first-order valence-corrected chi connectivity index (χ1v) is 12.8. The molecule has 3 N–H and O–H groups in total. The summed E-state index contributed by atoms with van der Waals surface area (Å²) in [5.41, 5.74) is -0.595. The Morgan fingerprint density at radius 3 is 2.33 bits per heavy atom. The van der Waals surface area contributed by atoms with Gasteiger partial charge in [0.25, 0.3) is 11.8 Å². The van der Waals surface area contributed by atoms with E-state index in [1.807, 2.05) is 0 Å². The second-order valence-corrected chi connectivity index (χ2v) is 9.30. The van der Waals surface area contributed by atoms with Crippen LogP contribution >= 0.6 is 11.8 Å². The zero-order valence-corrected chi connectivity index (χ0v) is 21.5. The first-order chi connectivity index (χ1) is 19.2. The lowest BCUT2D eigenvalue weighted by molar-refractivity contribution is -0.137. The highest BCUT2D eigenvalue weighted by Gasteiger charge is 2.33. The van der Waals surface area contributed by atoms with Crippen molar-refractivity contribution in [3.63, 3.8) is 0 Å². The number of nitrogens with one attached hydrogen (secondary N) is 3. The van der Waals surface area contributed by atoms with E-state index in [0.29, 0.717) is 21.9 Å². The monoisotopic (exact) mass is 565 g/mol. The Kier molecular flexibility index (Phi) is 9.07. The lowest BCUT2D eigenvalue weighted by atomic mass is 10.1. The first kappa shape index (κ1) is 28.2. The molecule has 11 heteroatoms. The summed E-state index contributed by atoms with van der Waals surface area (Å²) >= 11 is 1.08. The van der Waals surface area contributed by atoms with E-state index in [4.69, 9.17) is 4.42 Å². The lowest BCUT2D eigenvalue weighted by Gasteiger charge is -2.13. The number of halogens is 3. The van der Waals surface area contributed by atoms with E-state index in [2.05, 4.69) is 16.0 Å². The van der Waals surface area contributed by atoms with E-state index in [1.165, 1.54) is 30.5 Å². The standard InChI is InChI=1S/C29H22F3N3O4S/c30-29(31,32)23-13-4-5-14-24(23)34-26(36)18-40-22-12-6-10-20(16-22)33-28(38)25(17-21-11-7-15-39-21)35-27(37)19-8-2-1-3-9-19/h1-17H,18H2,(H,33,38)(H,34,36)(H,35,37)/b25-17-. The van der Waals surface area contributed by atoms with Gasteiger partial charge in [-0.05, 0) is 54.6 Å². The number of carbonyl (C=O) groups excluding carboxylic acids is 3. The Balaban J connectivity index is 1.41. The van der Waals surface area contributed by atoms with Crippen LogP contribution in [0.3, 0.4) is 0 Å². The predicted octanol–water partition coefficient (Wildman–Crippen LogP) is 6.44. The van der Waals surface area contributed by atoms with E-state index in [0.717, 1.165) is 17.8 Å². The first-order valence-electron chi connectivity index (χ1n) is 11.8. The molecule has 4 rings (SSSR count). The molecule has 0 unspecified atom stereocenters. The highest BCUT2D eigenvalue weighted by molar-refractivity contribution is 8.00. The largest absolute Gasteiger partial charge is 0.465 e. The highest BCUT2D eigenvalue weighted by atomic mass is 32.2. The zero-order valence-electron chi connectivity index (χ0n) is 20.7. The molecule has 3 aromatic carbocycles. The maximum Gasteiger partial charge on any atom is 0.418 e.